The van der Waals surface area contributed by atoms with Crippen LogP contribution in [0.15, 0.2) is 34.9 Å². The average Bonchev–Trinajstić information content (AvgIpc) is 2.85. The third-order valence-corrected chi connectivity index (χ3v) is 2.84. The summed E-state index contributed by atoms with van der Waals surface area (Å²) in [5, 5.41) is 3.19. The molecule has 19 heavy (non-hydrogen) atoms. The Labute approximate surface area is 112 Å². The highest BCUT2D eigenvalue weighted by molar-refractivity contribution is 5.30. The van der Waals surface area contributed by atoms with Gasteiger partial charge >= 0.3 is 0 Å². The van der Waals surface area contributed by atoms with Crippen molar-refractivity contribution >= 4 is 0 Å². The average molecular weight is 263 g/mol. The van der Waals surface area contributed by atoms with E-state index in [9.17, 15) is 4.39 Å². The van der Waals surface area contributed by atoms with E-state index in [0.29, 0.717) is 13.2 Å². The van der Waals surface area contributed by atoms with Crippen LogP contribution in [0.25, 0.3) is 0 Å². The van der Waals surface area contributed by atoms with Gasteiger partial charge in [0.25, 0.3) is 0 Å². The molecule has 0 aliphatic carbocycles. The Morgan fingerprint density at radius 3 is 2.95 bits per heavy atom. The summed E-state index contributed by atoms with van der Waals surface area (Å²) in [7, 11) is 0. The number of hydrogen-bond donors (Lipinski definition) is 1. The van der Waals surface area contributed by atoms with Crippen molar-refractivity contribution in [1.82, 2.24) is 5.32 Å². The standard InChI is InChI=1S/C15H18FNO2/c1-3-17-9-15-12(6-7-18-15)10-19-14-8-11(2)4-5-13(14)16/h4-8,17H,3,9-10H2,1-2H3. The first kappa shape index (κ1) is 13.6. The van der Waals surface area contributed by atoms with Gasteiger partial charge in [-0.2, -0.15) is 0 Å². The van der Waals surface area contributed by atoms with Crippen LogP contribution in [-0.4, -0.2) is 6.54 Å². The number of ether oxygens (including phenoxy) is 1. The molecule has 0 aliphatic rings. The third-order valence-electron chi connectivity index (χ3n) is 2.84. The molecule has 2 rings (SSSR count). The van der Waals surface area contributed by atoms with Crippen LogP contribution in [0.4, 0.5) is 4.39 Å². The quantitative estimate of drug-likeness (QED) is 0.867. The Kier molecular flexibility index (Phi) is 4.58. The third kappa shape index (κ3) is 3.58. The Balaban J connectivity index is 2.02. The van der Waals surface area contributed by atoms with Crippen LogP contribution in [0.1, 0.15) is 23.8 Å². The molecule has 0 amide bonds. The molecule has 0 atom stereocenters. The van der Waals surface area contributed by atoms with E-state index in [2.05, 4.69) is 5.32 Å². The topological polar surface area (TPSA) is 34.4 Å². The van der Waals surface area contributed by atoms with Gasteiger partial charge in [0.15, 0.2) is 11.6 Å². The molecule has 102 valence electrons. The van der Waals surface area contributed by atoms with Crippen LogP contribution < -0.4 is 10.1 Å². The molecule has 0 spiro atoms. The van der Waals surface area contributed by atoms with E-state index in [4.69, 9.17) is 9.15 Å². The van der Waals surface area contributed by atoms with E-state index in [1.54, 1.807) is 18.4 Å². The van der Waals surface area contributed by atoms with E-state index in [1.807, 2.05) is 19.9 Å². The van der Waals surface area contributed by atoms with Crippen LogP contribution in [0.3, 0.4) is 0 Å². The number of aryl methyl sites for hydroxylation is 1. The molecule has 1 heterocycles. The van der Waals surface area contributed by atoms with E-state index in [1.165, 1.54) is 6.07 Å². The Bertz CT molecular complexity index is 537. The predicted octanol–water partition coefficient (Wildman–Crippen LogP) is 3.42. The first-order valence-corrected chi connectivity index (χ1v) is 6.35. The fourth-order valence-electron chi connectivity index (χ4n) is 1.77. The summed E-state index contributed by atoms with van der Waals surface area (Å²) in [6, 6.07) is 6.68. The maximum absolute atomic E-state index is 13.5. The van der Waals surface area contributed by atoms with Crippen LogP contribution in [-0.2, 0) is 13.2 Å². The Hall–Kier alpha value is -1.81. The van der Waals surface area contributed by atoms with E-state index in [-0.39, 0.29) is 11.6 Å². The molecule has 1 aromatic carbocycles. The molecular weight excluding hydrogens is 245 g/mol. The molecule has 0 unspecified atom stereocenters. The maximum atomic E-state index is 13.5. The van der Waals surface area contributed by atoms with E-state index in [0.717, 1.165) is 23.4 Å². The van der Waals surface area contributed by atoms with Crippen LogP contribution >= 0.6 is 0 Å². The van der Waals surface area contributed by atoms with E-state index >= 15 is 0 Å². The number of hydrogen-bond acceptors (Lipinski definition) is 3. The van der Waals surface area contributed by atoms with Gasteiger partial charge in [0.2, 0.25) is 0 Å². The number of nitrogens with one attached hydrogen (secondary N) is 1. The van der Waals surface area contributed by atoms with Crippen molar-refractivity contribution in [1.29, 1.82) is 0 Å². The SMILES string of the molecule is CCNCc1occc1COc1cc(C)ccc1F. The second-order valence-electron chi connectivity index (χ2n) is 4.37. The van der Waals surface area contributed by atoms with Gasteiger partial charge in [-0.3, -0.25) is 0 Å². The molecule has 4 heteroatoms. The molecule has 0 fully saturated rings. The van der Waals surface area contributed by atoms with Gasteiger partial charge < -0.3 is 14.5 Å². The minimum Gasteiger partial charge on any atom is -0.486 e. The number of furan rings is 1. The molecule has 1 aromatic heterocycles. The van der Waals surface area contributed by atoms with Gasteiger partial charge in [-0.25, -0.2) is 4.39 Å². The molecule has 3 nitrogen and oxygen atoms in total. The molecule has 0 radical (unpaired) electrons. The minimum absolute atomic E-state index is 0.274. The minimum atomic E-state index is -0.345. The maximum Gasteiger partial charge on any atom is 0.165 e. The summed E-state index contributed by atoms with van der Waals surface area (Å²) in [5.74, 6) is 0.757. The fourth-order valence-corrected chi connectivity index (χ4v) is 1.77. The monoisotopic (exact) mass is 263 g/mol. The Morgan fingerprint density at radius 1 is 1.32 bits per heavy atom. The van der Waals surface area contributed by atoms with Gasteiger partial charge in [0, 0.05) is 5.56 Å². The smallest absolute Gasteiger partial charge is 0.165 e. The fraction of sp³-hybridized carbons (Fsp3) is 0.333. The van der Waals surface area contributed by atoms with Crippen LogP contribution in [0.5, 0.6) is 5.75 Å². The van der Waals surface area contributed by atoms with Gasteiger partial charge in [-0.05, 0) is 37.2 Å². The predicted molar refractivity (Wildman–Crippen MR) is 71.6 cm³/mol. The van der Waals surface area contributed by atoms with Gasteiger partial charge in [-0.1, -0.05) is 13.0 Å². The number of halogens is 1. The van der Waals surface area contributed by atoms with Crippen molar-refractivity contribution in [3.63, 3.8) is 0 Å². The van der Waals surface area contributed by atoms with Crippen molar-refractivity contribution < 1.29 is 13.5 Å². The highest BCUT2D eigenvalue weighted by Gasteiger charge is 2.09. The first-order valence-electron chi connectivity index (χ1n) is 6.35. The summed E-state index contributed by atoms with van der Waals surface area (Å²) in [6.45, 7) is 5.76. The van der Waals surface area contributed by atoms with Crippen molar-refractivity contribution in [3.8, 4) is 5.75 Å². The Morgan fingerprint density at radius 2 is 2.16 bits per heavy atom. The lowest BCUT2D eigenvalue weighted by atomic mass is 10.2. The lowest BCUT2D eigenvalue weighted by Crippen LogP contribution is -2.12. The molecule has 0 saturated heterocycles. The van der Waals surface area contributed by atoms with Gasteiger partial charge in [0.1, 0.15) is 12.4 Å². The van der Waals surface area contributed by atoms with Crippen molar-refractivity contribution in [2.75, 3.05) is 6.54 Å². The molecule has 2 aromatic rings. The molecule has 0 aliphatic heterocycles. The van der Waals surface area contributed by atoms with Crippen molar-refractivity contribution in [2.24, 2.45) is 0 Å². The second-order valence-corrected chi connectivity index (χ2v) is 4.37. The largest absolute Gasteiger partial charge is 0.486 e. The molecule has 0 bridgehead atoms. The molecular formula is C15H18FNO2. The zero-order chi connectivity index (χ0) is 13.7. The summed E-state index contributed by atoms with van der Waals surface area (Å²) < 4.78 is 24.4. The molecule has 0 saturated carbocycles. The van der Waals surface area contributed by atoms with Crippen LogP contribution in [0, 0.1) is 12.7 Å². The highest BCUT2D eigenvalue weighted by atomic mass is 19.1. The van der Waals surface area contributed by atoms with Crippen molar-refractivity contribution in [3.05, 3.63) is 53.2 Å². The summed E-state index contributed by atoms with van der Waals surface area (Å²) in [5.41, 5.74) is 1.90. The number of rotatable bonds is 6. The van der Waals surface area contributed by atoms with Crippen molar-refractivity contribution in [2.45, 2.75) is 27.0 Å². The lowest BCUT2D eigenvalue weighted by Gasteiger charge is -2.08. The molecule has 1 N–H and O–H groups in total. The lowest BCUT2D eigenvalue weighted by molar-refractivity contribution is 0.286. The number of benzene rings is 1. The first-order chi connectivity index (χ1) is 9.20. The summed E-state index contributed by atoms with van der Waals surface area (Å²) in [6.07, 6.45) is 1.62. The van der Waals surface area contributed by atoms with E-state index < -0.39 is 0 Å². The van der Waals surface area contributed by atoms with Gasteiger partial charge in [0.05, 0.1) is 12.8 Å². The normalized spacial score (nSPS) is 10.7. The zero-order valence-corrected chi connectivity index (χ0v) is 11.2. The highest BCUT2D eigenvalue weighted by Crippen LogP contribution is 2.21. The zero-order valence-electron chi connectivity index (χ0n) is 11.2. The van der Waals surface area contributed by atoms with Gasteiger partial charge in [-0.15, -0.1) is 0 Å². The second kappa shape index (κ2) is 6.38. The summed E-state index contributed by atoms with van der Waals surface area (Å²) in [4.78, 5) is 0. The van der Waals surface area contributed by atoms with Crippen LogP contribution in [0.2, 0.25) is 0 Å². The summed E-state index contributed by atoms with van der Waals surface area (Å²) >= 11 is 0.